The van der Waals surface area contributed by atoms with E-state index in [0.717, 1.165) is 25.9 Å². The lowest BCUT2D eigenvalue weighted by Gasteiger charge is -2.06. The Kier molecular flexibility index (Phi) is 2.30. The fraction of sp³-hybridized carbons (Fsp3) is 1.00. The molecule has 0 atom stereocenters. The third kappa shape index (κ3) is 1.80. The van der Waals surface area contributed by atoms with Crippen LogP contribution in [0.2, 0.25) is 0 Å². The summed E-state index contributed by atoms with van der Waals surface area (Å²) in [7, 11) is 0. The van der Waals surface area contributed by atoms with Crippen LogP contribution in [0.4, 0.5) is 0 Å². The van der Waals surface area contributed by atoms with Crippen LogP contribution < -0.4 is 5.84 Å². The minimum atomic E-state index is 0.875. The molecule has 0 aromatic heterocycles. The van der Waals surface area contributed by atoms with Crippen molar-refractivity contribution < 1.29 is 0 Å². The second-order valence-electron chi connectivity index (χ2n) is 2.37. The molecule has 1 rings (SSSR count). The van der Waals surface area contributed by atoms with Crippen molar-refractivity contribution in [2.24, 2.45) is 0 Å². The number of hydrogen-bond acceptors (Lipinski definition) is 1. The zero-order valence-electron chi connectivity index (χ0n) is 5.14. The lowest BCUT2D eigenvalue weighted by molar-refractivity contribution is 0.278. The molecule has 1 heterocycles. The average molecular weight is 112 g/mol. The van der Waals surface area contributed by atoms with E-state index in [2.05, 4.69) is 0 Å². The van der Waals surface area contributed by atoms with Gasteiger partial charge in [-0.05, 0) is 18.7 Å². The molecule has 46 valence electrons. The Bertz CT molecular complexity index is 55.5. The van der Waals surface area contributed by atoms with Crippen molar-refractivity contribution in [1.82, 2.24) is 10.9 Å². The Hall–Kier alpha value is -0.0800. The van der Waals surface area contributed by atoms with Crippen LogP contribution in [0, 0.1) is 0 Å². The van der Waals surface area contributed by atoms with Gasteiger partial charge >= 0.3 is 0 Å². The molecule has 0 saturated carbocycles. The van der Waals surface area contributed by atoms with E-state index < -0.39 is 0 Å². The SMILES string of the molecule is [N]N1CCCCCC1. The maximum Gasteiger partial charge on any atom is 0.0162 e. The van der Waals surface area contributed by atoms with Crippen molar-refractivity contribution >= 4 is 0 Å². The highest BCUT2D eigenvalue weighted by molar-refractivity contribution is 4.55. The molecule has 0 spiro atoms. The first-order chi connectivity index (χ1) is 3.89. The molecule has 1 saturated heterocycles. The fourth-order valence-corrected chi connectivity index (χ4v) is 1.05. The average Bonchev–Trinajstić information content (AvgIpc) is 1.94. The lowest BCUT2D eigenvalue weighted by atomic mass is 10.2. The second-order valence-corrected chi connectivity index (χ2v) is 2.37. The zero-order chi connectivity index (χ0) is 5.82. The molecule has 1 fully saturated rings. The van der Waals surface area contributed by atoms with Crippen molar-refractivity contribution in [3.05, 3.63) is 0 Å². The number of rotatable bonds is 0. The molecule has 0 unspecified atom stereocenters. The highest BCUT2D eigenvalue weighted by Gasteiger charge is 2.03. The molecule has 0 N–H and O–H groups in total. The molecule has 1 aliphatic rings. The summed E-state index contributed by atoms with van der Waals surface area (Å²) in [6.07, 6.45) is 4.90. The normalized spacial score (nSPS) is 25.1. The van der Waals surface area contributed by atoms with E-state index >= 15 is 0 Å². The summed E-state index contributed by atoms with van der Waals surface area (Å²) < 4.78 is 0. The van der Waals surface area contributed by atoms with Gasteiger partial charge in [0.15, 0.2) is 0 Å². The quantitative estimate of drug-likeness (QED) is 0.456. The zero-order valence-corrected chi connectivity index (χ0v) is 5.14. The first kappa shape index (κ1) is 6.05. The van der Waals surface area contributed by atoms with E-state index in [1.165, 1.54) is 17.9 Å². The highest BCUT2D eigenvalue weighted by atomic mass is 15.4. The molecular formula is C6H12N2. The van der Waals surface area contributed by atoms with Crippen molar-refractivity contribution in [3.8, 4) is 0 Å². The molecule has 1 aliphatic heterocycles. The van der Waals surface area contributed by atoms with Crippen LogP contribution in [0.15, 0.2) is 0 Å². The van der Waals surface area contributed by atoms with Gasteiger partial charge in [-0.25, -0.2) is 5.01 Å². The van der Waals surface area contributed by atoms with E-state index in [9.17, 15) is 0 Å². The van der Waals surface area contributed by atoms with Crippen molar-refractivity contribution in [2.75, 3.05) is 13.1 Å². The maximum atomic E-state index is 8.92. The molecule has 0 aromatic carbocycles. The van der Waals surface area contributed by atoms with Gasteiger partial charge in [0.05, 0.1) is 0 Å². The maximum absolute atomic E-state index is 8.92. The van der Waals surface area contributed by atoms with Crippen LogP contribution in [0.25, 0.3) is 0 Å². The third-order valence-corrected chi connectivity index (χ3v) is 1.58. The van der Waals surface area contributed by atoms with Crippen LogP contribution >= 0.6 is 0 Å². The van der Waals surface area contributed by atoms with Crippen molar-refractivity contribution in [1.29, 1.82) is 0 Å². The topological polar surface area (TPSA) is 25.5 Å². The van der Waals surface area contributed by atoms with Crippen LogP contribution in [-0.2, 0) is 0 Å². The molecule has 0 bridgehead atoms. The molecule has 0 amide bonds. The van der Waals surface area contributed by atoms with Gasteiger partial charge in [-0.2, -0.15) is 0 Å². The van der Waals surface area contributed by atoms with Gasteiger partial charge in [0.25, 0.3) is 0 Å². The summed E-state index contributed by atoms with van der Waals surface area (Å²) in [5, 5.41) is 1.42. The summed E-state index contributed by atoms with van der Waals surface area (Å²) in [5.74, 6) is 8.92. The van der Waals surface area contributed by atoms with E-state index in [0.29, 0.717) is 0 Å². The second kappa shape index (κ2) is 3.05. The standard InChI is InChI=1S/C6H12N2/c7-8-5-3-1-2-4-6-8/h1-6H2. The lowest BCUT2D eigenvalue weighted by Crippen LogP contribution is -2.21. The Morgan fingerprint density at radius 3 is 1.88 bits per heavy atom. The van der Waals surface area contributed by atoms with Gasteiger partial charge < -0.3 is 0 Å². The summed E-state index contributed by atoms with van der Waals surface area (Å²) in [6.45, 7) is 1.75. The smallest absolute Gasteiger partial charge is 0.0162 e. The number of nitrogens with zero attached hydrogens (tertiary/aromatic N) is 2. The van der Waals surface area contributed by atoms with E-state index in [4.69, 9.17) is 5.84 Å². The van der Waals surface area contributed by atoms with Gasteiger partial charge in [-0.3, -0.25) is 0 Å². The van der Waals surface area contributed by atoms with Gasteiger partial charge in [-0.1, -0.05) is 12.8 Å². The highest BCUT2D eigenvalue weighted by Crippen LogP contribution is 2.06. The molecule has 2 heteroatoms. The molecule has 2 nitrogen and oxygen atoms in total. The van der Waals surface area contributed by atoms with Gasteiger partial charge in [0.2, 0.25) is 0 Å². The molecule has 0 aromatic rings. The summed E-state index contributed by atoms with van der Waals surface area (Å²) in [6, 6.07) is 0. The third-order valence-electron chi connectivity index (χ3n) is 1.58. The Balaban J connectivity index is 2.17. The largest absolute Gasteiger partial charge is 0.208 e. The predicted molar refractivity (Wildman–Crippen MR) is 32.2 cm³/mol. The molecule has 8 heavy (non-hydrogen) atoms. The first-order valence-corrected chi connectivity index (χ1v) is 3.33. The van der Waals surface area contributed by atoms with Crippen LogP contribution in [0.1, 0.15) is 25.7 Å². The summed E-state index contributed by atoms with van der Waals surface area (Å²) in [4.78, 5) is 0. The van der Waals surface area contributed by atoms with Gasteiger partial charge in [0.1, 0.15) is 0 Å². The van der Waals surface area contributed by atoms with Crippen LogP contribution in [-0.4, -0.2) is 18.1 Å². The van der Waals surface area contributed by atoms with E-state index in [1.807, 2.05) is 0 Å². The Morgan fingerprint density at radius 1 is 0.875 bits per heavy atom. The predicted octanol–water partition coefficient (Wildman–Crippen LogP) is 0.846. The molecule has 0 aliphatic carbocycles. The van der Waals surface area contributed by atoms with Crippen molar-refractivity contribution in [3.63, 3.8) is 0 Å². The van der Waals surface area contributed by atoms with Crippen molar-refractivity contribution in [2.45, 2.75) is 25.7 Å². The molecular weight excluding hydrogens is 100 g/mol. The van der Waals surface area contributed by atoms with E-state index in [-0.39, 0.29) is 0 Å². The van der Waals surface area contributed by atoms with Gasteiger partial charge in [0, 0.05) is 13.1 Å². The Labute approximate surface area is 50.6 Å². The minimum absolute atomic E-state index is 0.875. The van der Waals surface area contributed by atoms with E-state index in [1.54, 1.807) is 0 Å². The molecule has 2 radical (unpaired) electrons. The summed E-state index contributed by atoms with van der Waals surface area (Å²) >= 11 is 0. The Morgan fingerprint density at radius 2 is 1.38 bits per heavy atom. The van der Waals surface area contributed by atoms with Crippen LogP contribution in [0.3, 0.4) is 0 Å². The summed E-state index contributed by atoms with van der Waals surface area (Å²) in [5.41, 5.74) is 0. The monoisotopic (exact) mass is 112 g/mol. The fourth-order valence-electron chi connectivity index (χ4n) is 1.05. The number of hydrogen-bond donors (Lipinski definition) is 0. The minimum Gasteiger partial charge on any atom is -0.208 e. The first-order valence-electron chi connectivity index (χ1n) is 3.33. The van der Waals surface area contributed by atoms with Gasteiger partial charge in [-0.15, -0.1) is 0 Å². The van der Waals surface area contributed by atoms with Crippen LogP contribution in [0.5, 0.6) is 0 Å².